The van der Waals surface area contributed by atoms with Gasteiger partial charge in [-0.15, -0.1) is 0 Å². The summed E-state index contributed by atoms with van der Waals surface area (Å²) in [5.41, 5.74) is 5.64. The predicted molar refractivity (Wildman–Crippen MR) is 88.1 cm³/mol. The number of aromatic nitrogens is 2. The largest absolute Gasteiger partial charge is 0.300 e. The van der Waals surface area contributed by atoms with Gasteiger partial charge < -0.3 is 4.90 Å². The lowest BCUT2D eigenvalue weighted by Gasteiger charge is -2.09. The molecule has 4 heteroatoms. The van der Waals surface area contributed by atoms with Gasteiger partial charge in [-0.3, -0.25) is 4.68 Å². The van der Waals surface area contributed by atoms with Crippen molar-refractivity contribution in [2.45, 2.75) is 19.6 Å². The standard InChI is InChI=1S/C19H16N4/c20-14-22-12-17-18(13-22)23(11-15-7-3-1-4-8-15)21-19(17)16-9-5-2-6-10-16/h1-10H,11-13H2. The molecule has 0 atom stereocenters. The normalized spacial score (nSPS) is 12.9. The second-order valence-corrected chi connectivity index (χ2v) is 5.74. The highest BCUT2D eigenvalue weighted by molar-refractivity contribution is 5.64. The van der Waals surface area contributed by atoms with Crippen LogP contribution in [0.5, 0.6) is 0 Å². The zero-order valence-corrected chi connectivity index (χ0v) is 12.7. The Bertz CT molecular complexity index is 860. The molecule has 0 aliphatic carbocycles. The SMILES string of the molecule is N#CN1Cc2c(-c3ccccc3)nn(Cc3ccccc3)c2C1. The maximum Gasteiger partial charge on any atom is 0.180 e. The molecule has 0 radical (unpaired) electrons. The minimum atomic E-state index is 0.637. The highest BCUT2D eigenvalue weighted by atomic mass is 15.3. The Balaban J connectivity index is 1.78. The molecule has 2 aromatic carbocycles. The quantitative estimate of drug-likeness (QED) is 0.696. The van der Waals surface area contributed by atoms with E-state index in [9.17, 15) is 5.26 Å². The molecule has 112 valence electrons. The van der Waals surface area contributed by atoms with E-state index >= 15 is 0 Å². The number of hydrogen-bond donors (Lipinski definition) is 0. The van der Waals surface area contributed by atoms with Gasteiger partial charge in [0.05, 0.1) is 31.0 Å². The van der Waals surface area contributed by atoms with E-state index in [0.717, 1.165) is 23.5 Å². The highest BCUT2D eigenvalue weighted by Crippen LogP contribution is 2.32. The lowest BCUT2D eigenvalue weighted by atomic mass is 10.1. The highest BCUT2D eigenvalue weighted by Gasteiger charge is 2.27. The first-order valence-corrected chi connectivity index (χ1v) is 7.68. The van der Waals surface area contributed by atoms with Gasteiger partial charge in [-0.2, -0.15) is 10.4 Å². The first-order chi connectivity index (χ1) is 11.3. The van der Waals surface area contributed by atoms with Crippen molar-refractivity contribution in [3.63, 3.8) is 0 Å². The van der Waals surface area contributed by atoms with Crippen LogP contribution in [-0.4, -0.2) is 14.7 Å². The van der Waals surface area contributed by atoms with E-state index in [1.54, 1.807) is 4.90 Å². The van der Waals surface area contributed by atoms with Crippen LogP contribution in [0.15, 0.2) is 60.7 Å². The van der Waals surface area contributed by atoms with E-state index in [0.29, 0.717) is 13.1 Å². The molecule has 1 aromatic heterocycles. The molecule has 1 aliphatic heterocycles. The molecule has 0 saturated heterocycles. The van der Waals surface area contributed by atoms with Crippen molar-refractivity contribution in [1.82, 2.24) is 14.7 Å². The first-order valence-electron chi connectivity index (χ1n) is 7.68. The molecule has 0 bridgehead atoms. The molecular weight excluding hydrogens is 284 g/mol. The van der Waals surface area contributed by atoms with Crippen LogP contribution in [0.1, 0.15) is 16.8 Å². The molecule has 3 aromatic rings. The summed E-state index contributed by atoms with van der Waals surface area (Å²) < 4.78 is 2.05. The summed E-state index contributed by atoms with van der Waals surface area (Å²) in [4.78, 5) is 1.78. The summed E-state index contributed by atoms with van der Waals surface area (Å²) in [6, 6.07) is 20.5. The van der Waals surface area contributed by atoms with Gasteiger partial charge in [-0.25, -0.2) is 0 Å². The Morgan fingerprint density at radius 2 is 1.65 bits per heavy atom. The summed E-state index contributed by atoms with van der Waals surface area (Å²) in [6.45, 7) is 2.01. The van der Waals surface area contributed by atoms with E-state index in [1.165, 1.54) is 11.1 Å². The van der Waals surface area contributed by atoms with Crippen LogP contribution < -0.4 is 0 Å². The van der Waals surface area contributed by atoms with Crippen LogP contribution in [0.2, 0.25) is 0 Å². The van der Waals surface area contributed by atoms with E-state index in [-0.39, 0.29) is 0 Å². The van der Waals surface area contributed by atoms with Gasteiger partial charge in [0.1, 0.15) is 0 Å². The number of fused-ring (bicyclic) bond motifs is 1. The molecule has 4 nitrogen and oxygen atoms in total. The van der Waals surface area contributed by atoms with Gasteiger partial charge in [0, 0.05) is 11.1 Å². The third-order valence-corrected chi connectivity index (χ3v) is 4.22. The zero-order chi connectivity index (χ0) is 15.6. The van der Waals surface area contributed by atoms with Crippen molar-refractivity contribution in [1.29, 1.82) is 5.26 Å². The van der Waals surface area contributed by atoms with Crippen molar-refractivity contribution in [2.75, 3.05) is 0 Å². The van der Waals surface area contributed by atoms with Crippen molar-refractivity contribution < 1.29 is 0 Å². The second kappa shape index (κ2) is 5.62. The van der Waals surface area contributed by atoms with Crippen LogP contribution >= 0.6 is 0 Å². The number of nitriles is 1. The van der Waals surface area contributed by atoms with Crippen LogP contribution in [0.4, 0.5) is 0 Å². The molecule has 23 heavy (non-hydrogen) atoms. The Morgan fingerprint density at radius 3 is 2.35 bits per heavy atom. The van der Waals surface area contributed by atoms with Gasteiger partial charge in [0.2, 0.25) is 0 Å². The van der Waals surface area contributed by atoms with Crippen LogP contribution in [-0.2, 0) is 19.6 Å². The van der Waals surface area contributed by atoms with Crippen molar-refractivity contribution >= 4 is 0 Å². The third-order valence-electron chi connectivity index (χ3n) is 4.22. The molecule has 0 N–H and O–H groups in total. The van der Waals surface area contributed by atoms with Gasteiger partial charge in [-0.05, 0) is 5.56 Å². The monoisotopic (exact) mass is 300 g/mol. The lowest BCUT2D eigenvalue weighted by molar-refractivity contribution is 0.403. The molecule has 2 heterocycles. The first kappa shape index (κ1) is 13.6. The average molecular weight is 300 g/mol. The summed E-state index contributed by atoms with van der Waals surface area (Å²) in [6.07, 6.45) is 2.26. The van der Waals surface area contributed by atoms with Gasteiger partial charge in [0.25, 0.3) is 0 Å². The van der Waals surface area contributed by atoms with Crippen LogP contribution in [0.3, 0.4) is 0 Å². The Hall–Kier alpha value is -3.06. The maximum absolute atomic E-state index is 9.24. The second-order valence-electron chi connectivity index (χ2n) is 5.74. The van der Waals surface area contributed by atoms with Crippen LogP contribution in [0.25, 0.3) is 11.3 Å². The van der Waals surface area contributed by atoms with Crippen molar-refractivity contribution in [2.24, 2.45) is 0 Å². The summed E-state index contributed by atoms with van der Waals surface area (Å²) >= 11 is 0. The summed E-state index contributed by atoms with van der Waals surface area (Å²) in [5.74, 6) is 0. The fraction of sp³-hybridized carbons (Fsp3) is 0.158. The minimum absolute atomic E-state index is 0.637. The molecule has 0 saturated carbocycles. The minimum Gasteiger partial charge on any atom is -0.300 e. The fourth-order valence-corrected chi connectivity index (χ4v) is 3.09. The Labute approximate surface area is 135 Å². The zero-order valence-electron chi connectivity index (χ0n) is 12.7. The van der Waals surface area contributed by atoms with Crippen molar-refractivity contribution in [3.8, 4) is 17.5 Å². The smallest absolute Gasteiger partial charge is 0.180 e. The van der Waals surface area contributed by atoms with E-state index in [2.05, 4.69) is 30.5 Å². The van der Waals surface area contributed by atoms with Crippen LogP contribution in [0, 0.1) is 11.5 Å². The number of nitrogens with zero attached hydrogens (tertiary/aromatic N) is 4. The predicted octanol–water partition coefficient (Wildman–Crippen LogP) is 3.40. The van der Waals surface area contributed by atoms with E-state index in [4.69, 9.17) is 5.10 Å². The maximum atomic E-state index is 9.24. The number of benzene rings is 2. The van der Waals surface area contributed by atoms with Gasteiger partial charge in [-0.1, -0.05) is 60.7 Å². The third kappa shape index (κ3) is 2.47. The molecule has 4 rings (SSSR count). The molecule has 0 spiro atoms. The van der Waals surface area contributed by atoms with Crippen molar-refractivity contribution in [3.05, 3.63) is 77.5 Å². The summed E-state index contributed by atoms with van der Waals surface area (Å²) in [7, 11) is 0. The van der Waals surface area contributed by atoms with E-state index in [1.807, 2.05) is 41.1 Å². The van der Waals surface area contributed by atoms with Gasteiger partial charge in [0.15, 0.2) is 6.19 Å². The molecule has 0 amide bonds. The molecular formula is C19H16N4. The molecule has 0 unspecified atom stereocenters. The lowest BCUT2D eigenvalue weighted by Crippen LogP contribution is -2.12. The molecule has 1 aliphatic rings. The molecule has 0 fully saturated rings. The van der Waals surface area contributed by atoms with E-state index < -0.39 is 0 Å². The number of hydrogen-bond acceptors (Lipinski definition) is 3. The fourth-order valence-electron chi connectivity index (χ4n) is 3.09. The average Bonchev–Trinajstić information content (AvgIpc) is 3.17. The Kier molecular flexibility index (Phi) is 3.32. The Morgan fingerprint density at radius 1 is 0.957 bits per heavy atom. The van der Waals surface area contributed by atoms with Gasteiger partial charge >= 0.3 is 0 Å². The topological polar surface area (TPSA) is 44.9 Å². The summed E-state index contributed by atoms with van der Waals surface area (Å²) in [5, 5.41) is 14.1. The number of rotatable bonds is 3.